The second-order valence-corrected chi connectivity index (χ2v) is 9.26. The number of amides is 6. The molecular weight excluding hydrogens is 517 g/mol. The van der Waals surface area contributed by atoms with Crippen LogP contribution in [0.4, 0.5) is 14.9 Å². The second kappa shape index (κ2) is 12.7. The first kappa shape index (κ1) is 28.0. The quantitative estimate of drug-likeness (QED) is 0.272. The molecule has 2 atom stereocenters. The zero-order chi connectivity index (χ0) is 28.6. The molecule has 6 amide bonds. The van der Waals surface area contributed by atoms with E-state index in [1.54, 1.807) is 30.3 Å². The van der Waals surface area contributed by atoms with Gasteiger partial charge in [-0.15, -0.1) is 0 Å². The average molecular weight is 546 g/mol. The molecule has 206 valence electrons. The minimum atomic E-state index is -1.30. The van der Waals surface area contributed by atoms with Gasteiger partial charge in [-0.1, -0.05) is 60.7 Å². The first-order valence-corrected chi connectivity index (χ1v) is 12.6. The Morgan fingerprint density at radius 1 is 0.950 bits per heavy atom. The predicted octanol–water partition coefficient (Wildman–Crippen LogP) is 2.14. The summed E-state index contributed by atoms with van der Waals surface area (Å²) in [5.41, 5.74) is 6.31. The number of hydrogen-bond donors (Lipinski definition) is 4. The Bertz CT molecular complexity index is 1420. The number of imide groups is 1. The molecule has 0 radical (unpaired) electrons. The van der Waals surface area contributed by atoms with Crippen LogP contribution < -0.4 is 21.7 Å². The molecule has 0 saturated carbocycles. The summed E-state index contributed by atoms with van der Waals surface area (Å²) >= 11 is 0. The molecule has 1 aliphatic rings. The number of carbonyl (C=O) groups excluding carboxylic acids is 5. The largest absolute Gasteiger partial charge is 0.370 e. The summed E-state index contributed by atoms with van der Waals surface area (Å²) in [6.45, 7) is -0.0112. The van der Waals surface area contributed by atoms with Crippen molar-refractivity contribution in [2.45, 2.75) is 31.3 Å². The van der Waals surface area contributed by atoms with Crippen LogP contribution in [0.25, 0.3) is 0 Å². The molecule has 1 aliphatic heterocycles. The maximum Gasteiger partial charge on any atom is 0.325 e. The van der Waals surface area contributed by atoms with Crippen LogP contribution in [-0.2, 0) is 27.2 Å². The lowest BCUT2D eigenvalue weighted by atomic mass is 10.0. The molecule has 11 heteroatoms. The van der Waals surface area contributed by atoms with Crippen molar-refractivity contribution < 1.29 is 28.4 Å². The zero-order valence-electron chi connectivity index (χ0n) is 21.4. The molecule has 5 N–H and O–H groups in total. The van der Waals surface area contributed by atoms with Crippen molar-refractivity contribution in [2.24, 2.45) is 5.73 Å². The number of benzene rings is 3. The van der Waals surface area contributed by atoms with Gasteiger partial charge in [0.1, 0.15) is 17.9 Å². The SMILES string of the molecule is NC(=O)CCNC(=O)c1ccc(F)c(NC(=O)C(Cc2ccccc2)N2C(=O)NC(Cc3ccccc3)C2=O)c1. The van der Waals surface area contributed by atoms with Crippen molar-refractivity contribution in [2.75, 3.05) is 11.9 Å². The van der Waals surface area contributed by atoms with E-state index in [1.165, 1.54) is 6.07 Å². The summed E-state index contributed by atoms with van der Waals surface area (Å²) in [5, 5.41) is 7.57. The van der Waals surface area contributed by atoms with E-state index in [9.17, 15) is 28.4 Å². The lowest BCUT2D eigenvalue weighted by Crippen LogP contribution is -2.49. The zero-order valence-corrected chi connectivity index (χ0v) is 21.4. The average Bonchev–Trinajstić information content (AvgIpc) is 3.21. The minimum Gasteiger partial charge on any atom is -0.370 e. The Balaban J connectivity index is 1.56. The monoisotopic (exact) mass is 545 g/mol. The van der Waals surface area contributed by atoms with Crippen LogP contribution in [0.2, 0.25) is 0 Å². The molecule has 4 rings (SSSR count). The van der Waals surface area contributed by atoms with Crippen LogP contribution in [0, 0.1) is 5.82 Å². The summed E-state index contributed by atoms with van der Waals surface area (Å²) in [6.07, 6.45) is 0.150. The lowest BCUT2D eigenvalue weighted by molar-refractivity contribution is -0.134. The van der Waals surface area contributed by atoms with Gasteiger partial charge in [0.15, 0.2) is 0 Å². The van der Waals surface area contributed by atoms with Gasteiger partial charge < -0.3 is 21.7 Å². The Kier molecular flexibility index (Phi) is 8.85. The molecule has 0 aliphatic carbocycles. The Hall–Kier alpha value is -5.06. The molecule has 1 fully saturated rings. The first-order chi connectivity index (χ1) is 19.2. The van der Waals surface area contributed by atoms with Gasteiger partial charge in [-0.3, -0.25) is 19.2 Å². The highest BCUT2D eigenvalue weighted by Crippen LogP contribution is 2.22. The highest BCUT2D eigenvalue weighted by atomic mass is 19.1. The highest BCUT2D eigenvalue weighted by molar-refractivity contribution is 6.09. The molecule has 2 unspecified atom stereocenters. The van der Waals surface area contributed by atoms with E-state index >= 15 is 0 Å². The van der Waals surface area contributed by atoms with Crippen LogP contribution in [0.3, 0.4) is 0 Å². The van der Waals surface area contributed by atoms with E-state index in [0.29, 0.717) is 5.56 Å². The van der Waals surface area contributed by atoms with Gasteiger partial charge in [-0.05, 0) is 29.3 Å². The van der Waals surface area contributed by atoms with E-state index in [2.05, 4.69) is 16.0 Å². The molecule has 1 saturated heterocycles. The summed E-state index contributed by atoms with van der Waals surface area (Å²) in [5.74, 6) is -3.40. The fourth-order valence-electron chi connectivity index (χ4n) is 4.35. The third kappa shape index (κ3) is 6.87. The van der Waals surface area contributed by atoms with Crippen molar-refractivity contribution >= 4 is 35.3 Å². The van der Waals surface area contributed by atoms with Crippen LogP contribution in [0.5, 0.6) is 0 Å². The van der Waals surface area contributed by atoms with Crippen LogP contribution >= 0.6 is 0 Å². The van der Waals surface area contributed by atoms with E-state index in [0.717, 1.165) is 22.6 Å². The number of halogens is 1. The fraction of sp³-hybridized carbons (Fsp3) is 0.207. The first-order valence-electron chi connectivity index (χ1n) is 12.6. The maximum absolute atomic E-state index is 14.7. The molecule has 0 aromatic heterocycles. The number of urea groups is 1. The standard InChI is InChI=1S/C29H28FN5O5/c30-21-12-11-20(26(37)32-14-13-25(31)36)17-22(21)33-27(38)24(16-19-9-5-2-6-10-19)35-28(39)23(34-29(35)40)15-18-7-3-1-4-8-18/h1-12,17,23-24H,13-16H2,(H2,31,36)(H,32,37)(H,33,38)(H,34,40). The Morgan fingerprint density at radius 2 is 1.60 bits per heavy atom. The van der Waals surface area contributed by atoms with Crippen LogP contribution in [0.15, 0.2) is 78.9 Å². The smallest absolute Gasteiger partial charge is 0.325 e. The van der Waals surface area contributed by atoms with Gasteiger partial charge in [-0.25, -0.2) is 14.1 Å². The van der Waals surface area contributed by atoms with E-state index in [1.807, 2.05) is 30.3 Å². The second-order valence-electron chi connectivity index (χ2n) is 9.26. The van der Waals surface area contributed by atoms with Gasteiger partial charge in [0, 0.05) is 31.4 Å². The van der Waals surface area contributed by atoms with Crippen molar-refractivity contribution in [3.8, 4) is 0 Å². The van der Waals surface area contributed by atoms with Gasteiger partial charge in [-0.2, -0.15) is 0 Å². The van der Waals surface area contributed by atoms with Gasteiger partial charge in [0.05, 0.1) is 5.69 Å². The van der Waals surface area contributed by atoms with Crippen LogP contribution in [0.1, 0.15) is 27.9 Å². The highest BCUT2D eigenvalue weighted by Gasteiger charge is 2.44. The third-order valence-corrected chi connectivity index (χ3v) is 6.36. The predicted molar refractivity (Wildman–Crippen MR) is 144 cm³/mol. The molecule has 0 spiro atoms. The van der Waals surface area contributed by atoms with E-state index in [4.69, 9.17) is 5.73 Å². The molecule has 3 aromatic carbocycles. The molecule has 3 aromatic rings. The minimum absolute atomic E-state index is 0.0112. The Morgan fingerprint density at radius 3 is 2.25 bits per heavy atom. The lowest BCUT2D eigenvalue weighted by Gasteiger charge is -2.25. The number of carbonyl (C=O) groups is 5. The molecular formula is C29H28FN5O5. The summed E-state index contributed by atoms with van der Waals surface area (Å²) in [6, 6.07) is 18.4. The number of nitrogens with zero attached hydrogens (tertiary/aromatic N) is 1. The maximum atomic E-state index is 14.7. The normalized spacial score (nSPS) is 15.3. The fourth-order valence-corrected chi connectivity index (χ4v) is 4.35. The van der Waals surface area contributed by atoms with Crippen molar-refractivity contribution in [3.05, 3.63) is 101 Å². The topological polar surface area (TPSA) is 151 Å². The molecule has 10 nitrogen and oxygen atoms in total. The van der Waals surface area contributed by atoms with Crippen molar-refractivity contribution in [3.63, 3.8) is 0 Å². The van der Waals surface area contributed by atoms with E-state index in [-0.39, 0.29) is 37.1 Å². The van der Waals surface area contributed by atoms with Crippen molar-refractivity contribution in [1.82, 2.24) is 15.5 Å². The number of nitrogens with two attached hydrogens (primary N) is 1. The number of primary amides is 1. The molecule has 1 heterocycles. The number of rotatable bonds is 11. The third-order valence-electron chi connectivity index (χ3n) is 6.36. The number of anilines is 1. The number of nitrogens with one attached hydrogen (secondary N) is 3. The summed E-state index contributed by atoms with van der Waals surface area (Å²) < 4.78 is 14.7. The van der Waals surface area contributed by atoms with Gasteiger partial charge in [0.2, 0.25) is 11.8 Å². The van der Waals surface area contributed by atoms with E-state index < -0.39 is 47.6 Å². The summed E-state index contributed by atoms with van der Waals surface area (Å²) in [4.78, 5) is 64.1. The molecule has 0 bridgehead atoms. The number of hydrogen-bond acceptors (Lipinski definition) is 5. The Labute approximate surface area is 229 Å². The van der Waals surface area contributed by atoms with Crippen molar-refractivity contribution in [1.29, 1.82) is 0 Å². The van der Waals surface area contributed by atoms with Gasteiger partial charge >= 0.3 is 6.03 Å². The van der Waals surface area contributed by atoms with Gasteiger partial charge in [0.25, 0.3) is 11.8 Å². The molecule has 40 heavy (non-hydrogen) atoms. The van der Waals surface area contributed by atoms with Crippen LogP contribution in [-0.4, -0.2) is 53.2 Å². The summed E-state index contributed by atoms with van der Waals surface area (Å²) in [7, 11) is 0.